The summed E-state index contributed by atoms with van der Waals surface area (Å²) in [6.45, 7) is 4.61. The smallest absolute Gasteiger partial charge is 0.262 e. The molecule has 4 aromatic rings. The lowest BCUT2D eigenvalue weighted by Gasteiger charge is -2.22. The van der Waals surface area contributed by atoms with Crippen molar-refractivity contribution in [1.82, 2.24) is 9.55 Å². The Morgan fingerprint density at radius 3 is 2.47 bits per heavy atom. The highest BCUT2D eigenvalue weighted by atomic mass is 32.2. The first-order valence-electron chi connectivity index (χ1n) is 11.8. The Kier molecular flexibility index (Phi) is 8.40. The van der Waals surface area contributed by atoms with E-state index in [9.17, 15) is 9.59 Å². The lowest BCUT2D eigenvalue weighted by atomic mass is 10.1. The van der Waals surface area contributed by atoms with E-state index in [-0.39, 0.29) is 17.5 Å². The molecule has 0 aliphatic heterocycles. The molecular formula is C28H29N3O4S. The summed E-state index contributed by atoms with van der Waals surface area (Å²) in [5.74, 6) is 0.353. The van der Waals surface area contributed by atoms with E-state index < -0.39 is 5.25 Å². The molecule has 0 unspecified atom stereocenters. The maximum absolute atomic E-state index is 13.7. The van der Waals surface area contributed by atoms with E-state index in [1.807, 2.05) is 80.6 Å². The predicted octanol–water partition coefficient (Wildman–Crippen LogP) is 5.47. The van der Waals surface area contributed by atoms with Crippen LogP contribution in [-0.2, 0) is 9.53 Å². The first-order valence-corrected chi connectivity index (χ1v) is 12.7. The lowest BCUT2D eigenvalue weighted by Crippen LogP contribution is -2.29. The van der Waals surface area contributed by atoms with Crippen LogP contribution >= 0.6 is 11.8 Å². The van der Waals surface area contributed by atoms with Crippen LogP contribution in [0.15, 0.2) is 88.8 Å². The number of nitrogens with one attached hydrogen (secondary N) is 1. The molecule has 0 radical (unpaired) electrons. The van der Waals surface area contributed by atoms with Crippen molar-refractivity contribution in [3.63, 3.8) is 0 Å². The fourth-order valence-corrected chi connectivity index (χ4v) is 5.17. The van der Waals surface area contributed by atoms with Gasteiger partial charge in [-0.2, -0.15) is 0 Å². The zero-order chi connectivity index (χ0) is 25.5. The summed E-state index contributed by atoms with van der Waals surface area (Å²) < 4.78 is 12.7. The van der Waals surface area contributed by atoms with Crippen LogP contribution in [0.4, 0.5) is 5.69 Å². The van der Waals surface area contributed by atoms with E-state index in [1.165, 1.54) is 11.8 Å². The summed E-state index contributed by atoms with van der Waals surface area (Å²) in [5.41, 5.74) is 1.80. The quantitative estimate of drug-likeness (QED) is 0.228. The SMILES string of the molecule is CCOc1ccccc1NC(=O)[C@@H](Sc1nc2ccccc2c(=O)n1[C@@H](C)COC)c1ccccc1. The van der Waals surface area contributed by atoms with Gasteiger partial charge in [-0.25, -0.2) is 4.98 Å². The monoisotopic (exact) mass is 503 g/mol. The summed E-state index contributed by atoms with van der Waals surface area (Å²) in [5, 5.41) is 3.32. The number of carbonyl (C=O) groups is 1. The first-order chi connectivity index (χ1) is 17.5. The highest BCUT2D eigenvalue weighted by Crippen LogP contribution is 2.37. The number of rotatable bonds is 10. The van der Waals surface area contributed by atoms with E-state index >= 15 is 0 Å². The lowest BCUT2D eigenvalue weighted by molar-refractivity contribution is -0.115. The van der Waals surface area contributed by atoms with Crippen molar-refractivity contribution in [3.05, 3.63) is 94.8 Å². The van der Waals surface area contributed by atoms with Crippen LogP contribution in [0.3, 0.4) is 0 Å². The normalized spacial score (nSPS) is 12.8. The van der Waals surface area contributed by atoms with Crippen molar-refractivity contribution in [1.29, 1.82) is 0 Å². The minimum Gasteiger partial charge on any atom is -0.492 e. The van der Waals surface area contributed by atoms with Gasteiger partial charge in [0, 0.05) is 7.11 Å². The first kappa shape index (κ1) is 25.5. The topological polar surface area (TPSA) is 82.5 Å². The van der Waals surface area contributed by atoms with Crippen LogP contribution in [0.2, 0.25) is 0 Å². The molecule has 0 fully saturated rings. The predicted molar refractivity (Wildman–Crippen MR) is 144 cm³/mol. The maximum atomic E-state index is 13.7. The molecule has 1 heterocycles. The number of hydrogen-bond acceptors (Lipinski definition) is 6. The van der Waals surface area contributed by atoms with E-state index in [1.54, 1.807) is 23.8 Å². The maximum Gasteiger partial charge on any atom is 0.262 e. The van der Waals surface area contributed by atoms with Crippen LogP contribution in [0, 0.1) is 0 Å². The fourth-order valence-electron chi connectivity index (χ4n) is 3.97. The molecule has 0 bridgehead atoms. The zero-order valence-corrected chi connectivity index (χ0v) is 21.3. The molecule has 0 aliphatic carbocycles. The molecule has 186 valence electrons. The average Bonchev–Trinajstić information content (AvgIpc) is 2.89. The minimum atomic E-state index is -0.671. The Labute approximate surface area is 214 Å². The molecule has 1 amide bonds. The third-order valence-electron chi connectivity index (χ3n) is 5.63. The number of hydrogen-bond donors (Lipinski definition) is 1. The second-order valence-corrected chi connectivity index (χ2v) is 9.29. The highest BCUT2D eigenvalue weighted by Gasteiger charge is 2.27. The Balaban J connectivity index is 1.78. The van der Waals surface area contributed by atoms with Crippen LogP contribution in [-0.4, -0.2) is 35.8 Å². The van der Waals surface area contributed by atoms with Gasteiger partial charge in [-0.3, -0.25) is 14.2 Å². The van der Waals surface area contributed by atoms with Gasteiger partial charge in [-0.15, -0.1) is 0 Å². The van der Waals surface area contributed by atoms with Gasteiger partial charge < -0.3 is 14.8 Å². The Morgan fingerprint density at radius 2 is 1.72 bits per heavy atom. The molecule has 3 aromatic carbocycles. The van der Waals surface area contributed by atoms with Crippen molar-refractivity contribution in [2.45, 2.75) is 30.3 Å². The summed E-state index contributed by atoms with van der Waals surface area (Å²) in [6.07, 6.45) is 0. The van der Waals surface area contributed by atoms with Crippen molar-refractivity contribution >= 4 is 34.3 Å². The standard InChI is InChI=1S/C28H29N3O4S/c1-4-35-24-17-11-10-16-23(24)29-26(32)25(20-12-6-5-7-13-20)36-28-30-22-15-9-8-14-21(22)27(33)31(28)19(2)18-34-3/h5-17,19,25H,4,18H2,1-3H3,(H,29,32)/t19-,25-/m0/s1. The molecule has 0 spiro atoms. The van der Waals surface area contributed by atoms with Crippen LogP contribution in [0.25, 0.3) is 10.9 Å². The van der Waals surface area contributed by atoms with Gasteiger partial charge >= 0.3 is 0 Å². The summed E-state index contributed by atoms with van der Waals surface area (Å²) in [6, 6.07) is 23.8. The second kappa shape index (κ2) is 11.9. The summed E-state index contributed by atoms with van der Waals surface area (Å²) in [4.78, 5) is 32.0. The third-order valence-corrected chi connectivity index (χ3v) is 6.85. The van der Waals surface area contributed by atoms with Gasteiger partial charge in [0.1, 0.15) is 11.0 Å². The number of benzene rings is 3. The second-order valence-electron chi connectivity index (χ2n) is 8.22. The van der Waals surface area contributed by atoms with Crippen molar-refractivity contribution in [2.24, 2.45) is 0 Å². The number of ether oxygens (including phenoxy) is 2. The molecule has 0 saturated carbocycles. The number of para-hydroxylation sites is 3. The number of amides is 1. The Bertz CT molecular complexity index is 1390. The molecular weight excluding hydrogens is 474 g/mol. The van der Waals surface area contributed by atoms with Crippen LogP contribution < -0.4 is 15.6 Å². The number of methoxy groups -OCH3 is 1. The van der Waals surface area contributed by atoms with Gasteiger partial charge in [0.2, 0.25) is 5.91 Å². The number of fused-ring (bicyclic) bond motifs is 1. The van der Waals surface area contributed by atoms with Crippen LogP contribution in [0.5, 0.6) is 5.75 Å². The zero-order valence-electron chi connectivity index (χ0n) is 20.5. The van der Waals surface area contributed by atoms with Crippen molar-refractivity contribution in [3.8, 4) is 5.75 Å². The van der Waals surface area contributed by atoms with Gasteiger partial charge in [-0.05, 0) is 43.7 Å². The summed E-state index contributed by atoms with van der Waals surface area (Å²) in [7, 11) is 1.60. The van der Waals surface area contributed by atoms with Crippen molar-refractivity contribution in [2.75, 3.05) is 25.6 Å². The van der Waals surface area contributed by atoms with Gasteiger partial charge in [-0.1, -0.05) is 66.4 Å². The molecule has 2 atom stereocenters. The molecule has 0 aliphatic rings. The number of aromatic nitrogens is 2. The highest BCUT2D eigenvalue weighted by molar-refractivity contribution is 8.00. The number of anilines is 1. The molecule has 0 saturated heterocycles. The minimum absolute atomic E-state index is 0.165. The van der Waals surface area contributed by atoms with E-state index in [2.05, 4.69) is 5.32 Å². The molecule has 8 heteroatoms. The number of nitrogens with zero attached hydrogens (tertiary/aromatic N) is 2. The molecule has 7 nitrogen and oxygen atoms in total. The molecule has 1 N–H and O–H groups in total. The fraction of sp³-hybridized carbons (Fsp3) is 0.250. The van der Waals surface area contributed by atoms with Gasteiger partial charge in [0.25, 0.3) is 5.56 Å². The Morgan fingerprint density at radius 1 is 1.03 bits per heavy atom. The van der Waals surface area contributed by atoms with Gasteiger partial charge in [0.05, 0.1) is 35.8 Å². The average molecular weight is 504 g/mol. The Hall–Kier alpha value is -3.62. The molecule has 4 rings (SSSR count). The molecule has 36 heavy (non-hydrogen) atoms. The molecule has 1 aromatic heterocycles. The third kappa shape index (κ3) is 5.61. The number of carbonyl (C=O) groups excluding carboxylic acids is 1. The number of thioether (sulfide) groups is 1. The largest absolute Gasteiger partial charge is 0.492 e. The van der Waals surface area contributed by atoms with E-state index in [0.717, 1.165) is 5.56 Å². The van der Waals surface area contributed by atoms with E-state index in [4.69, 9.17) is 14.5 Å². The van der Waals surface area contributed by atoms with Crippen molar-refractivity contribution < 1.29 is 14.3 Å². The van der Waals surface area contributed by atoms with Gasteiger partial charge in [0.15, 0.2) is 5.16 Å². The summed E-state index contributed by atoms with van der Waals surface area (Å²) >= 11 is 1.24. The van der Waals surface area contributed by atoms with E-state index in [0.29, 0.717) is 40.7 Å². The van der Waals surface area contributed by atoms with Crippen LogP contribution in [0.1, 0.15) is 30.7 Å².